The van der Waals surface area contributed by atoms with Gasteiger partial charge in [-0.05, 0) is 29.8 Å². The lowest BCUT2D eigenvalue weighted by Gasteiger charge is -2.13. The molecule has 0 spiro atoms. The molecule has 0 aliphatic rings. The molecule has 3 heteroatoms. The van der Waals surface area contributed by atoms with Gasteiger partial charge in [-0.2, -0.15) is 0 Å². The smallest absolute Gasteiger partial charge is 0.0491 e. The molecular weight excluding hydrogens is 186 g/mol. The zero-order valence-electron chi connectivity index (χ0n) is 8.38. The van der Waals surface area contributed by atoms with E-state index in [4.69, 9.17) is 5.73 Å². The summed E-state index contributed by atoms with van der Waals surface area (Å²) in [5, 5.41) is 0. The first-order valence-corrected chi connectivity index (χ1v) is 4.92. The number of pyridine rings is 2. The minimum absolute atomic E-state index is 0.161. The number of hydrogen-bond donors (Lipinski definition) is 1. The Bertz CT molecular complexity index is 360. The first kappa shape index (κ1) is 9.80. The van der Waals surface area contributed by atoms with Crippen molar-refractivity contribution in [3.8, 4) is 0 Å². The predicted octanol–water partition coefficient (Wildman–Crippen LogP) is 1.57. The molecule has 2 rings (SSSR count). The summed E-state index contributed by atoms with van der Waals surface area (Å²) in [6.07, 6.45) is 5.35. The third kappa shape index (κ3) is 2.19. The average Bonchev–Trinajstić information content (AvgIpc) is 2.33. The summed E-state index contributed by atoms with van der Waals surface area (Å²) in [4.78, 5) is 8.32. The fourth-order valence-electron chi connectivity index (χ4n) is 1.61. The van der Waals surface area contributed by atoms with Crippen LogP contribution in [-0.2, 0) is 0 Å². The maximum atomic E-state index is 5.78. The van der Waals surface area contributed by atoms with Gasteiger partial charge in [0.15, 0.2) is 0 Å². The molecule has 0 aliphatic heterocycles. The van der Waals surface area contributed by atoms with Gasteiger partial charge in [-0.15, -0.1) is 0 Å². The number of hydrogen-bond acceptors (Lipinski definition) is 3. The van der Waals surface area contributed by atoms with Crippen LogP contribution in [0, 0.1) is 0 Å². The second-order valence-corrected chi connectivity index (χ2v) is 3.32. The SMILES string of the molecule is NCC(c1ccncc1)c1ccccn1. The summed E-state index contributed by atoms with van der Waals surface area (Å²) in [5.74, 6) is 0.161. The van der Waals surface area contributed by atoms with Gasteiger partial charge in [-0.25, -0.2) is 0 Å². The highest BCUT2D eigenvalue weighted by Crippen LogP contribution is 2.20. The molecule has 15 heavy (non-hydrogen) atoms. The van der Waals surface area contributed by atoms with Crippen molar-refractivity contribution in [1.82, 2.24) is 9.97 Å². The maximum absolute atomic E-state index is 5.78. The van der Waals surface area contributed by atoms with E-state index < -0.39 is 0 Å². The zero-order valence-corrected chi connectivity index (χ0v) is 8.38. The van der Waals surface area contributed by atoms with Crippen LogP contribution >= 0.6 is 0 Å². The van der Waals surface area contributed by atoms with Gasteiger partial charge in [0, 0.05) is 36.7 Å². The molecule has 2 N–H and O–H groups in total. The Kier molecular flexibility index (Phi) is 3.05. The third-order valence-electron chi connectivity index (χ3n) is 2.39. The Hall–Kier alpha value is -1.74. The van der Waals surface area contributed by atoms with Crippen LogP contribution in [0.1, 0.15) is 17.2 Å². The molecule has 3 nitrogen and oxygen atoms in total. The van der Waals surface area contributed by atoms with Gasteiger partial charge in [0.2, 0.25) is 0 Å². The maximum Gasteiger partial charge on any atom is 0.0491 e. The van der Waals surface area contributed by atoms with Crippen molar-refractivity contribution >= 4 is 0 Å². The number of nitrogens with zero attached hydrogens (tertiary/aromatic N) is 2. The molecule has 1 unspecified atom stereocenters. The van der Waals surface area contributed by atoms with Crippen molar-refractivity contribution in [2.24, 2.45) is 5.73 Å². The van der Waals surface area contributed by atoms with Crippen molar-refractivity contribution in [3.63, 3.8) is 0 Å². The number of aromatic nitrogens is 2. The van der Waals surface area contributed by atoms with E-state index in [0.29, 0.717) is 6.54 Å². The summed E-state index contributed by atoms with van der Waals surface area (Å²) in [6, 6.07) is 9.84. The molecule has 0 fully saturated rings. The van der Waals surface area contributed by atoms with E-state index in [9.17, 15) is 0 Å². The molecule has 0 saturated carbocycles. The third-order valence-corrected chi connectivity index (χ3v) is 2.39. The van der Waals surface area contributed by atoms with Gasteiger partial charge in [-0.1, -0.05) is 6.07 Å². The predicted molar refractivity (Wildman–Crippen MR) is 59.4 cm³/mol. The largest absolute Gasteiger partial charge is 0.329 e. The first-order chi connectivity index (χ1) is 7.42. The van der Waals surface area contributed by atoms with Gasteiger partial charge in [-0.3, -0.25) is 9.97 Å². The van der Waals surface area contributed by atoms with Crippen molar-refractivity contribution < 1.29 is 0 Å². The highest BCUT2D eigenvalue weighted by molar-refractivity contribution is 5.26. The second kappa shape index (κ2) is 4.66. The van der Waals surface area contributed by atoms with E-state index in [1.807, 2.05) is 30.3 Å². The fourth-order valence-corrected chi connectivity index (χ4v) is 1.61. The van der Waals surface area contributed by atoms with E-state index >= 15 is 0 Å². The lowest BCUT2D eigenvalue weighted by molar-refractivity contribution is 0.785. The van der Waals surface area contributed by atoms with Crippen LogP contribution in [-0.4, -0.2) is 16.5 Å². The quantitative estimate of drug-likeness (QED) is 0.816. The zero-order chi connectivity index (χ0) is 10.5. The molecule has 1 atom stereocenters. The molecule has 0 radical (unpaired) electrons. The Balaban J connectivity index is 2.34. The lowest BCUT2D eigenvalue weighted by atomic mass is 9.96. The van der Waals surface area contributed by atoms with E-state index in [1.165, 1.54) is 0 Å². The first-order valence-electron chi connectivity index (χ1n) is 4.92. The summed E-state index contributed by atoms with van der Waals surface area (Å²) >= 11 is 0. The summed E-state index contributed by atoms with van der Waals surface area (Å²) in [7, 11) is 0. The minimum atomic E-state index is 0.161. The highest BCUT2D eigenvalue weighted by Gasteiger charge is 2.12. The monoisotopic (exact) mass is 199 g/mol. The minimum Gasteiger partial charge on any atom is -0.329 e. The van der Waals surface area contributed by atoms with E-state index in [1.54, 1.807) is 18.6 Å². The fraction of sp³-hybridized carbons (Fsp3) is 0.167. The Morgan fingerprint density at radius 2 is 1.87 bits per heavy atom. The highest BCUT2D eigenvalue weighted by atomic mass is 14.7. The van der Waals surface area contributed by atoms with Crippen molar-refractivity contribution in [3.05, 3.63) is 60.2 Å². The van der Waals surface area contributed by atoms with Crippen molar-refractivity contribution in [2.75, 3.05) is 6.54 Å². The average molecular weight is 199 g/mol. The molecule has 0 aromatic carbocycles. The summed E-state index contributed by atoms with van der Waals surface area (Å²) in [5.41, 5.74) is 7.94. The Morgan fingerprint density at radius 3 is 2.47 bits per heavy atom. The molecule has 2 heterocycles. The van der Waals surface area contributed by atoms with Crippen LogP contribution < -0.4 is 5.73 Å². The molecular formula is C12H13N3. The summed E-state index contributed by atoms with van der Waals surface area (Å²) in [6.45, 7) is 0.557. The molecule has 0 saturated heterocycles. The van der Waals surface area contributed by atoms with Gasteiger partial charge >= 0.3 is 0 Å². The van der Waals surface area contributed by atoms with E-state index in [2.05, 4.69) is 9.97 Å². The molecule has 76 valence electrons. The Labute approximate surface area is 89.0 Å². The molecule has 0 aliphatic carbocycles. The van der Waals surface area contributed by atoms with Gasteiger partial charge < -0.3 is 5.73 Å². The topological polar surface area (TPSA) is 51.8 Å². The van der Waals surface area contributed by atoms with Crippen molar-refractivity contribution in [2.45, 2.75) is 5.92 Å². The van der Waals surface area contributed by atoms with Crippen LogP contribution in [0.3, 0.4) is 0 Å². The molecule has 0 bridgehead atoms. The Morgan fingerprint density at radius 1 is 1.07 bits per heavy atom. The standard InChI is InChI=1S/C12H13N3/c13-9-11(10-4-7-14-8-5-10)12-3-1-2-6-15-12/h1-8,11H,9,13H2. The second-order valence-electron chi connectivity index (χ2n) is 3.32. The van der Waals surface area contributed by atoms with Crippen LogP contribution in [0.15, 0.2) is 48.9 Å². The van der Waals surface area contributed by atoms with Crippen LogP contribution in [0.4, 0.5) is 0 Å². The van der Waals surface area contributed by atoms with Crippen molar-refractivity contribution in [1.29, 1.82) is 0 Å². The summed E-state index contributed by atoms with van der Waals surface area (Å²) < 4.78 is 0. The van der Waals surface area contributed by atoms with Gasteiger partial charge in [0.25, 0.3) is 0 Å². The lowest BCUT2D eigenvalue weighted by Crippen LogP contribution is -2.14. The van der Waals surface area contributed by atoms with Gasteiger partial charge in [0.1, 0.15) is 0 Å². The van der Waals surface area contributed by atoms with Crippen LogP contribution in [0.25, 0.3) is 0 Å². The number of rotatable bonds is 3. The van der Waals surface area contributed by atoms with E-state index in [-0.39, 0.29) is 5.92 Å². The number of nitrogens with two attached hydrogens (primary N) is 1. The molecule has 2 aromatic rings. The van der Waals surface area contributed by atoms with E-state index in [0.717, 1.165) is 11.3 Å². The molecule has 2 aromatic heterocycles. The molecule has 0 amide bonds. The van der Waals surface area contributed by atoms with Crippen LogP contribution in [0.2, 0.25) is 0 Å². The van der Waals surface area contributed by atoms with Crippen LogP contribution in [0.5, 0.6) is 0 Å². The normalized spacial score (nSPS) is 12.3. The van der Waals surface area contributed by atoms with Gasteiger partial charge in [0.05, 0.1) is 0 Å².